The van der Waals surface area contributed by atoms with E-state index in [1.54, 1.807) is 35.2 Å². The van der Waals surface area contributed by atoms with Gasteiger partial charge in [-0.15, -0.1) is 0 Å². The van der Waals surface area contributed by atoms with Crippen LogP contribution in [0, 0.1) is 5.92 Å². The summed E-state index contributed by atoms with van der Waals surface area (Å²) < 4.78 is 39.9. The van der Waals surface area contributed by atoms with Gasteiger partial charge in [0, 0.05) is 30.3 Å². The van der Waals surface area contributed by atoms with E-state index in [0.29, 0.717) is 35.8 Å². The third-order valence-electron chi connectivity index (χ3n) is 6.08. The summed E-state index contributed by atoms with van der Waals surface area (Å²) in [6, 6.07) is 10.7. The summed E-state index contributed by atoms with van der Waals surface area (Å²) in [4.78, 5) is 17.0. The minimum atomic E-state index is -3.85. The molecule has 3 rings (SSSR count). The molecule has 0 saturated carbocycles. The smallest absolute Gasteiger partial charge is 0.261 e. The van der Waals surface area contributed by atoms with Crippen LogP contribution in [0.4, 0.5) is 5.69 Å². The molecule has 0 aromatic heterocycles. The lowest BCUT2D eigenvalue weighted by atomic mass is 10.0. The van der Waals surface area contributed by atoms with E-state index in [-0.39, 0.29) is 41.9 Å². The van der Waals surface area contributed by atoms with Crippen LogP contribution in [-0.2, 0) is 21.2 Å². The summed E-state index contributed by atoms with van der Waals surface area (Å²) in [6.45, 7) is 4.78. The van der Waals surface area contributed by atoms with Gasteiger partial charge in [0.1, 0.15) is 17.6 Å². The van der Waals surface area contributed by atoms with Crippen molar-refractivity contribution >= 4 is 21.6 Å². The number of fused-ring (bicyclic) bond motifs is 1. The Balaban J connectivity index is 1.95. The zero-order valence-corrected chi connectivity index (χ0v) is 21.7. The first kappa shape index (κ1) is 26.8. The number of aliphatic hydroxyl groups is 1. The molecule has 2 N–H and O–H groups in total. The van der Waals surface area contributed by atoms with Crippen molar-refractivity contribution in [2.75, 3.05) is 45.6 Å². The fraction of sp³-hybridized carbons (Fsp3) is 0.480. The van der Waals surface area contributed by atoms with E-state index < -0.39 is 10.0 Å². The van der Waals surface area contributed by atoms with Gasteiger partial charge in [0.15, 0.2) is 0 Å². The molecular weight excluding hydrogens is 470 g/mol. The molecular formula is C25H35N3O6S. The predicted molar refractivity (Wildman–Crippen MR) is 134 cm³/mol. The number of sulfonamides is 1. The molecule has 3 atom stereocenters. The van der Waals surface area contributed by atoms with Crippen molar-refractivity contribution < 1.29 is 27.8 Å². The second-order valence-electron chi connectivity index (χ2n) is 9.25. The highest BCUT2D eigenvalue weighted by Crippen LogP contribution is 2.30. The lowest BCUT2D eigenvalue weighted by Crippen LogP contribution is -2.47. The number of amides is 1. The van der Waals surface area contributed by atoms with Gasteiger partial charge in [-0.05, 0) is 63.5 Å². The molecule has 2 aromatic carbocycles. The molecule has 192 valence electrons. The zero-order valence-electron chi connectivity index (χ0n) is 20.9. The van der Waals surface area contributed by atoms with Gasteiger partial charge in [-0.2, -0.15) is 0 Å². The maximum Gasteiger partial charge on any atom is 0.261 e. The van der Waals surface area contributed by atoms with Gasteiger partial charge in [-0.3, -0.25) is 9.52 Å². The quantitative estimate of drug-likeness (QED) is 0.566. The number of rotatable bonds is 8. The number of carbonyl (C=O) groups is 1. The molecule has 1 amide bonds. The van der Waals surface area contributed by atoms with E-state index in [2.05, 4.69) is 4.72 Å². The number of anilines is 1. The van der Waals surface area contributed by atoms with Gasteiger partial charge < -0.3 is 24.4 Å². The van der Waals surface area contributed by atoms with Crippen LogP contribution in [0.25, 0.3) is 0 Å². The minimum absolute atomic E-state index is 0.00884. The SMILES string of the molecule is COc1ccc(S(=O)(=O)Nc2ccc3c(c2)CC(=O)N([C@H](C)CO)C[C@H](C)[C@H](CN(C)C)O3)cc1. The number of ether oxygens (including phenoxy) is 2. The fourth-order valence-corrected chi connectivity index (χ4v) is 5.09. The lowest BCUT2D eigenvalue weighted by molar-refractivity contribution is -0.134. The Morgan fingerprint density at radius 3 is 2.51 bits per heavy atom. The molecule has 1 aliphatic heterocycles. The Kier molecular flexibility index (Phi) is 8.63. The van der Waals surface area contributed by atoms with E-state index in [1.165, 1.54) is 19.2 Å². The molecule has 35 heavy (non-hydrogen) atoms. The first-order valence-electron chi connectivity index (χ1n) is 11.6. The summed E-state index contributed by atoms with van der Waals surface area (Å²) in [5.74, 6) is 0.960. The molecule has 2 aromatic rings. The lowest BCUT2D eigenvalue weighted by Gasteiger charge is -2.33. The van der Waals surface area contributed by atoms with Crippen molar-refractivity contribution in [3.63, 3.8) is 0 Å². The molecule has 0 radical (unpaired) electrons. The highest BCUT2D eigenvalue weighted by Gasteiger charge is 2.31. The summed E-state index contributed by atoms with van der Waals surface area (Å²) in [7, 11) is 1.58. The first-order valence-corrected chi connectivity index (χ1v) is 13.0. The van der Waals surface area contributed by atoms with E-state index in [9.17, 15) is 18.3 Å². The monoisotopic (exact) mass is 505 g/mol. The van der Waals surface area contributed by atoms with E-state index in [0.717, 1.165) is 0 Å². The number of benzene rings is 2. The fourth-order valence-electron chi connectivity index (χ4n) is 4.04. The van der Waals surface area contributed by atoms with Crippen LogP contribution in [0.1, 0.15) is 19.4 Å². The summed E-state index contributed by atoms with van der Waals surface area (Å²) in [5.41, 5.74) is 0.909. The molecule has 1 aliphatic rings. The van der Waals surface area contributed by atoms with Gasteiger partial charge >= 0.3 is 0 Å². The van der Waals surface area contributed by atoms with Crippen molar-refractivity contribution in [2.24, 2.45) is 5.92 Å². The Bertz CT molecular complexity index is 1120. The van der Waals surface area contributed by atoms with Crippen molar-refractivity contribution in [2.45, 2.75) is 37.3 Å². The largest absolute Gasteiger partial charge is 0.497 e. The van der Waals surface area contributed by atoms with Crippen LogP contribution in [-0.4, -0.2) is 82.3 Å². The number of carbonyl (C=O) groups excluding carboxylic acids is 1. The zero-order chi connectivity index (χ0) is 25.8. The third-order valence-corrected chi connectivity index (χ3v) is 7.48. The number of aliphatic hydroxyl groups excluding tert-OH is 1. The summed E-state index contributed by atoms with van der Waals surface area (Å²) in [6.07, 6.45) is -0.177. The van der Waals surface area contributed by atoms with E-state index in [4.69, 9.17) is 9.47 Å². The second-order valence-corrected chi connectivity index (χ2v) is 10.9. The molecule has 10 heteroatoms. The topological polar surface area (TPSA) is 108 Å². The van der Waals surface area contributed by atoms with Crippen LogP contribution in [0.2, 0.25) is 0 Å². The van der Waals surface area contributed by atoms with E-state index in [1.807, 2.05) is 32.8 Å². The van der Waals surface area contributed by atoms with Crippen LogP contribution in [0.3, 0.4) is 0 Å². The van der Waals surface area contributed by atoms with Crippen molar-refractivity contribution in [3.05, 3.63) is 48.0 Å². The molecule has 0 saturated heterocycles. The number of nitrogens with zero attached hydrogens (tertiary/aromatic N) is 2. The highest BCUT2D eigenvalue weighted by atomic mass is 32.2. The Hall–Kier alpha value is -2.82. The number of methoxy groups -OCH3 is 1. The second kappa shape index (κ2) is 11.3. The van der Waals surface area contributed by atoms with Crippen LogP contribution in [0.15, 0.2) is 47.4 Å². The highest BCUT2D eigenvalue weighted by molar-refractivity contribution is 7.92. The Morgan fingerprint density at radius 1 is 1.23 bits per heavy atom. The average molecular weight is 506 g/mol. The van der Waals surface area contributed by atoms with Gasteiger partial charge in [0.05, 0.1) is 31.1 Å². The molecule has 0 spiro atoms. The number of likely N-dealkylation sites (N-methyl/N-ethyl adjacent to an activating group) is 1. The minimum Gasteiger partial charge on any atom is -0.497 e. The van der Waals surface area contributed by atoms with E-state index >= 15 is 0 Å². The number of hydrogen-bond acceptors (Lipinski definition) is 7. The maximum atomic E-state index is 13.2. The van der Waals surface area contributed by atoms with Crippen molar-refractivity contribution in [3.8, 4) is 11.5 Å². The van der Waals surface area contributed by atoms with Gasteiger partial charge in [-0.1, -0.05) is 6.92 Å². The van der Waals surface area contributed by atoms with Crippen molar-refractivity contribution in [1.82, 2.24) is 9.80 Å². The number of nitrogens with one attached hydrogen (secondary N) is 1. The maximum absolute atomic E-state index is 13.2. The molecule has 1 heterocycles. The molecule has 0 fully saturated rings. The van der Waals surface area contributed by atoms with Crippen LogP contribution in [0.5, 0.6) is 11.5 Å². The van der Waals surface area contributed by atoms with Gasteiger partial charge in [0.2, 0.25) is 5.91 Å². The molecule has 0 aliphatic carbocycles. The Labute approximate surface area is 207 Å². The average Bonchev–Trinajstić information content (AvgIpc) is 2.86. The van der Waals surface area contributed by atoms with Gasteiger partial charge in [0.25, 0.3) is 10.0 Å². The third kappa shape index (κ3) is 6.65. The van der Waals surface area contributed by atoms with Crippen molar-refractivity contribution in [1.29, 1.82) is 0 Å². The molecule has 9 nitrogen and oxygen atoms in total. The normalized spacial score (nSPS) is 19.7. The first-order chi connectivity index (χ1) is 16.5. The standard InChI is InChI=1S/C25H35N3O6S/c1-17-14-28(18(2)16-29)25(30)13-19-12-20(6-11-23(19)34-24(17)15-27(3)4)26-35(31,32)22-9-7-21(33-5)8-10-22/h6-12,17-18,24,26,29H,13-16H2,1-5H3/t17-,18+,24-/m0/s1. The van der Waals surface area contributed by atoms with Crippen LogP contribution >= 0.6 is 0 Å². The van der Waals surface area contributed by atoms with Crippen LogP contribution < -0.4 is 14.2 Å². The number of hydrogen-bond donors (Lipinski definition) is 2. The van der Waals surface area contributed by atoms with Gasteiger partial charge in [-0.25, -0.2) is 8.42 Å². The summed E-state index contributed by atoms with van der Waals surface area (Å²) >= 11 is 0. The Morgan fingerprint density at radius 2 is 1.91 bits per heavy atom. The predicted octanol–water partition coefficient (Wildman–Crippen LogP) is 2.21. The molecule has 0 unspecified atom stereocenters. The summed E-state index contributed by atoms with van der Waals surface area (Å²) in [5, 5.41) is 9.73. The molecule has 0 bridgehead atoms.